The zero-order valence-electron chi connectivity index (χ0n) is 9.81. The molecule has 7 nitrogen and oxygen atoms in total. The fourth-order valence-corrected chi connectivity index (χ4v) is 1.73. The molecule has 0 spiro atoms. The standard InChI is InChI=1S/C11H9ClN4O3/c1-6-2-3-13-10(12)9(6)15-11(17)8-4-7(5-14-8)16(18)19/h2-5,14H,1H3,(H,15,17). The Morgan fingerprint density at radius 3 is 2.89 bits per heavy atom. The predicted octanol–water partition coefficient (Wildman–Crippen LogP) is 2.53. The normalized spacial score (nSPS) is 10.2. The number of rotatable bonds is 3. The van der Waals surface area contributed by atoms with Crippen molar-refractivity contribution >= 4 is 28.9 Å². The van der Waals surface area contributed by atoms with Crippen molar-refractivity contribution in [2.24, 2.45) is 0 Å². The Hall–Kier alpha value is -2.41. The number of carbonyl (C=O) groups is 1. The van der Waals surface area contributed by atoms with Crippen LogP contribution < -0.4 is 5.32 Å². The molecule has 2 N–H and O–H groups in total. The van der Waals surface area contributed by atoms with Crippen LogP contribution in [-0.2, 0) is 0 Å². The highest BCUT2D eigenvalue weighted by atomic mass is 35.5. The fraction of sp³-hybridized carbons (Fsp3) is 0.0909. The lowest BCUT2D eigenvalue weighted by molar-refractivity contribution is -0.384. The summed E-state index contributed by atoms with van der Waals surface area (Å²) in [6.45, 7) is 1.76. The molecule has 98 valence electrons. The molecule has 2 heterocycles. The Morgan fingerprint density at radius 1 is 1.58 bits per heavy atom. The molecule has 2 aromatic rings. The van der Waals surface area contributed by atoms with Gasteiger partial charge in [0.25, 0.3) is 11.6 Å². The topological polar surface area (TPSA) is 101 Å². The van der Waals surface area contributed by atoms with Gasteiger partial charge in [-0.15, -0.1) is 0 Å². The third-order valence-corrected chi connectivity index (χ3v) is 2.76. The Labute approximate surface area is 112 Å². The van der Waals surface area contributed by atoms with Gasteiger partial charge >= 0.3 is 0 Å². The first-order chi connectivity index (χ1) is 8.99. The van der Waals surface area contributed by atoms with Crippen LogP contribution in [0.1, 0.15) is 16.1 Å². The van der Waals surface area contributed by atoms with Crippen molar-refractivity contribution in [3.05, 3.63) is 51.1 Å². The van der Waals surface area contributed by atoms with Crippen LogP contribution in [0.25, 0.3) is 0 Å². The maximum Gasteiger partial charge on any atom is 0.287 e. The van der Waals surface area contributed by atoms with Gasteiger partial charge in [0.2, 0.25) is 0 Å². The number of nitro groups is 1. The molecule has 2 aromatic heterocycles. The quantitative estimate of drug-likeness (QED) is 0.512. The highest BCUT2D eigenvalue weighted by Crippen LogP contribution is 2.23. The second-order valence-corrected chi connectivity index (χ2v) is 4.13. The molecule has 0 radical (unpaired) electrons. The largest absolute Gasteiger partial charge is 0.351 e. The molecule has 0 aliphatic heterocycles. The smallest absolute Gasteiger partial charge is 0.287 e. The van der Waals surface area contributed by atoms with Gasteiger partial charge in [0.15, 0.2) is 5.15 Å². The zero-order valence-corrected chi connectivity index (χ0v) is 10.6. The van der Waals surface area contributed by atoms with E-state index < -0.39 is 10.8 Å². The van der Waals surface area contributed by atoms with Crippen LogP contribution >= 0.6 is 11.6 Å². The van der Waals surface area contributed by atoms with Crippen molar-refractivity contribution in [1.29, 1.82) is 0 Å². The van der Waals surface area contributed by atoms with Gasteiger partial charge in [0.1, 0.15) is 5.69 Å². The monoisotopic (exact) mass is 280 g/mol. The van der Waals surface area contributed by atoms with Gasteiger partial charge in [-0.25, -0.2) is 4.98 Å². The first kappa shape index (κ1) is 13.0. The van der Waals surface area contributed by atoms with Crippen molar-refractivity contribution in [3.63, 3.8) is 0 Å². The van der Waals surface area contributed by atoms with Crippen molar-refractivity contribution in [2.75, 3.05) is 5.32 Å². The van der Waals surface area contributed by atoms with Gasteiger partial charge in [-0.1, -0.05) is 11.6 Å². The highest BCUT2D eigenvalue weighted by molar-refractivity contribution is 6.32. The van der Waals surface area contributed by atoms with E-state index in [4.69, 9.17) is 11.6 Å². The number of hydrogen-bond donors (Lipinski definition) is 2. The number of amides is 1. The summed E-state index contributed by atoms with van der Waals surface area (Å²) in [7, 11) is 0. The summed E-state index contributed by atoms with van der Waals surface area (Å²) in [4.78, 5) is 28.2. The number of aryl methyl sites for hydroxylation is 1. The minimum Gasteiger partial charge on any atom is -0.351 e. The number of hydrogen-bond acceptors (Lipinski definition) is 4. The molecule has 0 bridgehead atoms. The number of aromatic amines is 1. The second kappa shape index (κ2) is 5.07. The molecule has 0 saturated carbocycles. The van der Waals surface area contributed by atoms with E-state index in [9.17, 15) is 14.9 Å². The molecule has 0 unspecified atom stereocenters. The third-order valence-electron chi connectivity index (χ3n) is 2.47. The van der Waals surface area contributed by atoms with Crippen molar-refractivity contribution in [2.45, 2.75) is 6.92 Å². The van der Waals surface area contributed by atoms with Gasteiger partial charge < -0.3 is 10.3 Å². The summed E-state index contributed by atoms with van der Waals surface area (Å²) in [5.74, 6) is -0.522. The summed E-state index contributed by atoms with van der Waals surface area (Å²) in [5.41, 5.74) is 1.02. The summed E-state index contributed by atoms with van der Waals surface area (Å²) < 4.78 is 0. The van der Waals surface area contributed by atoms with Crippen LogP contribution in [0.15, 0.2) is 24.5 Å². The lowest BCUT2D eigenvalue weighted by atomic mass is 10.2. The van der Waals surface area contributed by atoms with Crippen molar-refractivity contribution in [1.82, 2.24) is 9.97 Å². The van der Waals surface area contributed by atoms with Crippen molar-refractivity contribution < 1.29 is 9.72 Å². The van der Waals surface area contributed by atoms with Crippen LogP contribution in [0.4, 0.5) is 11.4 Å². The molecule has 0 fully saturated rings. The van der Waals surface area contributed by atoms with Crippen LogP contribution in [0.3, 0.4) is 0 Å². The molecule has 1 amide bonds. The van der Waals surface area contributed by atoms with E-state index in [1.54, 1.807) is 13.0 Å². The summed E-state index contributed by atoms with van der Waals surface area (Å²) in [6.07, 6.45) is 2.67. The molecule has 0 aliphatic rings. The minimum absolute atomic E-state index is 0.0750. The molecule has 0 aromatic carbocycles. The average molecular weight is 281 g/mol. The lowest BCUT2D eigenvalue weighted by Crippen LogP contribution is -2.13. The van der Waals surface area contributed by atoms with Crippen molar-refractivity contribution in [3.8, 4) is 0 Å². The predicted molar refractivity (Wildman–Crippen MR) is 69.4 cm³/mol. The van der Waals surface area contributed by atoms with Gasteiger partial charge in [-0.3, -0.25) is 14.9 Å². The van der Waals surface area contributed by atoms with E-state index in [1.165, 1.54) is 6.20 Å². The number of anilines is 1. The number of nitrogens with one attached hydrogen (secondary N) is 2. The number of halogens is 1. The van der Waals surface area contributed by atoms with Gasteiger partial charge in [0.05, 0.1) is 16.8 Å². The fourth-order valence-electron chi connectivity index (χ4n) is 1.48. The van der Waals surface area contributed by atoms with Gasteiger partial charge in [-0.2, -0.15) is 0 Å². The molecule has 0 atom stereocenters. The first-order valence-corrected chi connectivity index (χ1v) is 5.62. The minimum atomic E-state index is -0.588. The highest BCUT2D eigenvalue weighted by Gasteiger charge is 2.16. The Morgan fingerprint density at radius 2 is 2.32 bits per heavy atom. The van der Waals surface area contributed by atoms with Crippen LogP contribution in [0, 0.1) is 17.0 Å². The van der Waals surface area contributed by atoms with E-state index in [2.05, 4.69) is 15.3 Å². The number of aromatic nitrogens is 2. The number of H-pyrrole nitrogens is 1. The second-order valence-electron chi connectivity index (χ2n) is 3.78. The molecule has 0 aliphatic carbocycles. The van der Waals surface area contributed by atoms with Crippen LogP contribution in [-0.4, -0.2) is 20.8 Å². The summed E-state index contributed by atoms with van der Waals surface area (Å²) in [6, 6.07) is 2.84. The van der Waals surface area contributed by atoms with Crippen LogP contribution in [0.5, 0.6) is 0 Å². The number of nitrogens with zero attached hydrogens (tertiary/aromatic N) is 2. The lowest BCUT2D eigenvalue weighted by Gasteiger charge is -2.08. The molecule has 19 heavy (non-hydrogen) atoms. The summed E-state index contributed by atoms with van der Waals surface area (Å²) >= 11 is 5.87. The van der Waals surface area contributed by atoms with E-state index in [1.807, 2.05) is 0 Å². The zero-order chi connectivity index (χ0) is 14.0. The summed E-state index contributed by atoms with van der Waals surface area (Å²) in [5, 5.41) is 13.2. The molecular formula is C11H9ClN4O3. The average Bonchev–Trinajstić information content (AvgIpc) is 2.83. The maximum absolute atomic E-state index is 11.9. The van der Waals surface area contributed by atoms with Crippen LogP contribution in [0.2, 0.25) is 5.15 Å². The van der Waals surface area contributed by atoms with E-state index in [0.29, 0.717) is 5.69 Å². The SMILES string of the molecule is Cc1ccnc(Cl)c1NC(=O)c1cc([N+](=O)[O-])c[nH]1. The molecule has 0 saturated heterocycles. The van der Waals surface area contributed by atoms with Gasteiger partial charge in [0, 0.05) is 12.3 Å². The maximum atomic E-state index is 11.9. The molecule has 2 rings (SSSR count). The molecular weight excluding hydrogens is 272 g/mol. The third kappa shape index (κ3) is 2.71. The molecule has 8 heteroatoms. The Kier molecular flexibility index (Phi) is 3.48. The van der Waals surface area contributed by atoms with E-state index in [0.717, 1.165) is 17.8 Å². The van der Waals surface area contributed by atoms with E-state index in [-0.39, 0.29) is 16.5 Å². The van der Waals surface area contributed by atoms with E-state index >= 15 is 0 Å². The number of carbonyl (C=O) groups excluding carboxylic acids is 1. The van der Waals surface area contributed by atoms with Gasteiger partial charge in [-0.05, 0) is 18.6 Å². The number of pyridine rings is 1. The Balaban J connectivity index is 2.23. The Bertz CT molecular complexity index is 633. The first-order valence-electron chi connectivity index (χ1n) is 5.24.